The van der Waals surface area contributed by atoms with Gasteiger partial charge in [0.05, 0.1) is 0 Å². The van der Waals surface area contributed by atoms with E-state index in [2.05, 4.69) is 16.4 Å². The Morgan fingerprint density at radius 1 is 0.972 bits per heavy atom. The number of para-hydroxylation sites is 1. The van der Waals surface area contributed by atoms with Gasteiger partial charge in [-0.2, -0.15) is 0 Å². The second-order valence-corrected chi connectivity index (χ2v) is 10.2. The quantitative estimate of drug-likeness (QED) is 0.423. The lowest BCUT2D eigenvalue weighted by atomic mass is 9.96. The average molecular weight is 491 g/mol. The highest BCUT2D eigenvalue weighted by atomic mass is 19.1. The largest absolute Gasteiger partial charge is 0.361 e. The molecule has 0 bridgehead atoms. The number of hydrogen-bond acceptors (Lipinski definition) is 2. The lowest BCUT2D eigenvalue weighted by Crippen LogP contribution is -2.50. The van der Waals surface area contributed by atoms with Crippen LogP contribution in [0.5, 0.6) is 0 Å². The van der Waals surface area contributed by atoms with Gasteiger partial charge in [-0.1, -0.05) is 49.6 Å². The number of carbonyl (C=O) groups excluding carboxylic acids is 2. The normalized spacial score (nSPS) is 16.1. The summed E-state index contributed by atoms with van der Waals surface area (Å²) in [6.45, 7) is 0.962. The van der Waals surface area contributed by atoms with Crippen LogP contribution < -0.4 is 5.32 Å². The Bertz CT molecular complexity index is 1180. The fourth-order valence-electron chi connectivity index (χ4n) is 5.20. The predicted octanol–water partition coefficient (Wildman–Crippen LogP) is 5.39. The summed E-state index contributed by atoms with van der Waals surface area (Å²) in [4.78, 5) is 33.6. The molecule has 0 atom stereocenters. The predicted molar refractivity (Wildman–Crippen MR) is 139 cm³/mol. The van der Waals surface area contributed by atoms with Gasteiger partial charge in [-0.05, 0) is 61.4 Å². The third kappa shape index (κ3) is 6.07. The number of urea groups is 1. The van der Waals surface area contributed by atoms with Crippen molar-refractivity contribution in [1.29, 1.82) is 0 Å². The van der Waals surface area contributed by atoms with E-state index in [9.17, 15) is 14.0 Å². The Hall–Kier alpha value is -3.35. The summed E-state index contributed by atoms with van der Waals surface area (Å²) in [6.07, 6.45) is 10.1. The topological polar surface area (TPSA) is 68.4 Å². The van der Waals surface area contributed by atoms with Crippen LogP contribution in [0, 0.1) is 5.82 Å². The maximum Gasteiger partial charge on any atom is 0.318 e. The van der Waals surface area contributed by atoms with Crippen LogP contribution in [0.2, 0.25) is 0 Å². The van der Waals surface area contributed by atoms with Crippen molar-refractivity contribution in [2.75, 3.05) is 13.1 Å². The summed E-state index contributed by atoms with van der Waals surface area (Å²) in [5, 5.41) is 4.34. The zero-order valence-electron chi connectivity index (χ0n) is 20.7. The van der Waals surface area contributed by atoms with Gasteiger partial charge in [0.25, 0.3) is 0 Å². The maximum absolute atomic E-state index is 13.6. The Balaban J connectivity index is 1.29. The van der Waals surface area contributed by atoms with Crippen molar-refractivity contribution in [2.24, 2.45) is 0 Å². The molecule has 7 heteroatoms. The SMILES string of the molecule is O=C(CN(C(=O)NC1CCCCC1)C1CC1)N(CCc1c[nH]c2ccccc12)Cc1ccc(F)cc1. The van der Waals surface area contributed by atoms with Gasteiger partial charge < -0.3 is 20.1 Å². The van der Waals surface area contributed by atoms with E-state index in [1.807, 2.05) is 24.4 Å². The molecule has 3 amide bonds. The zero-order valence-corrected chi connectivity index (χ0v) is 20.7. The molecule has 2 aliphatic rings. The molecule has 1 aromatic heterocycles. The first kappa shape index (κ1) is 24.3. The molecule has 1 heterocycles. The van der Waals surface area contributed by atoms with E-state index in [4.69, 9.17) is 0 Å². The molecule has 0 spiro atoms. The molecule has 0 radical (unpaired) electrons. The van der Waals surface area contributed by atoms with Gasteiger partial charge in [-0.3, -0.25) is 4.79 Å². The second-order valence-electron chi connectivity index (χ2n) is 10.2. The fraction of sp³-hybridized carbons (Fsp3) is 0.448. The summed E-state index contributed by atoms with van der Waals surface area (Å²) in [5.41, 5.74) is 3.09. The molecule has 2 aromatic carbocycles. The van der Waals surface area contributed by atoms with Gasteiger partial charge in [-0.25, -0.2) is 9.18 Å². The minimum atomic E-state index is -0.297. The molecule has 36 heavy (non-hydrogen) atoms. The Morgan fingerprint density at radius 3 is 2.47 bits per heavy atom. The summed E-state index contributed by atoms with van der Waals surface area (Å²) in [5.74, 6) is -0.375. The van der Waals surface area contributed by atoms with E-state index < -0.39 is 0 Å². The molecule has 5 rings (SSSR count). The standard InChI is InChI=1S/C29H35FN4O2/c30-23-12-10-21(11-13-23)19-33(17-16-22-18-31-27-9-5-4-8-26(22)27)28(35)20-34(25-14-15-25)29(36)32-24-6-2-1-3-7-24/h4-5,8-13,18,24-25,31H,1-3,6-7,14-17,19-20H2,(H,32,36). The number of rotatable bonds is 9. The van der Waals surface area contributed by atoms with Crippen molar-refractivity contribution in [3.63, 3.8) is 0 Å². The molecule has 0 aliphatic heterocycles. The number of amides is 3. The lowest BCUT2D eigenvalue weighted by molar-refractivity contribution is -0.132. The van der Waals surface area contributed by atoms with E-state index in [0.717, 1.165) is 60.6 Å². The van der Waals surface area contributed by atoms with Gasteiger partial charge >= 0.3 is 6.03 Å². The highest BCUT2D eigenvalue weighted by molar-refractivity contribution is 5.85. The number of benzene rings is 2. The van der Waals surface area contributed by atoms with Crippen LogP contribution in [0.3, 0.4) is 0 Å². The Labute approximate surface area is 211 Å². The molecule has 3 aromatic rings. The number of aromatic amines is 1. The Morgan fingerprint density at radius 2 is 1.72 bits per heavy atom. The van der Waals surface area contributed by atoms with Gasteiger partial charge in [0.15, 0.2) is 0 Å². The summed E-state index contributed by atoms with van der Waals surface area (Å²) in [7, 11) is 0. The highest BCUT2D eigenvalue weighted by Crippen LogP contribution is 2.28. The zero-order chi connectivity index (χ0) is 24.9. The first-order valence-electron chi connectivity index (χ1n) is 13.2. The molecule has 0 unspecified atom stereocenters. The number of hydrogen-bond donors (Lipinski definition) is 2. The van der Waals surface area contributed by atoms with E-state index in [0.29, 0.717) is 19.5 Å². The molecule has 2 fully saturated rings. The number of aromatic nitrogens is 1. The first-order chi connectivity index (χ1) is 17.6. The smallest absolute Gasteiger partial charge is 0.318 e. The van der Waals surface area contributed by atoms with Crippen molar-refractivity contribution in [3.8, 4) is 0 Å². The van der Waals surface area contributed by atoms with E-state index in [1.54, 1.807) is 21.9 Å². The van der Waals surface area contributed by atoms with E-state index in [-0.39, 0.29) is 36.4 Å². The van der Waals surface area contributed by atoms with Gasteiger partial charge in [0.2, 0.25) is 5.91 Å². The molecule has 2 saturated carbocycles. The second kappa shape index (κ2) is 11.1. The molecular weight excluding hydrogens is 455 g/mol. The first-order valence-corrected chi connectivity index (χ1v) is 13.2. The van der Waals surface area contributed by atoms with Crippen LogP contribution in [0.4, 0.5) is 9.18 Å². The van der Waals surface area contributed by atoms with Crippen LogP contribution >= 0.6 is 0 Å². The number of carbonyl (C=O) groups is 2. The van der Waals surface area contributed by atoms with Crippen LogP contribution in [-0.4, -0.2) is 51.9 Å². The average Bonchev–Trinajstić information content (AvgIpc) is 3.66. The molecule has 2 N–H and O–H groups in total. The summed E-state index contributed by atoms with van der Waals surface area (Å²) in [6, 6.07) is 14.6. The van der Waals surface area contributed by atoms with Crippen molar-refractivity contribution in [1.82, 2.24) is 20.1 Å². The summed E-state index contributed by atoms with van der Waals surface area (Å²) < 4.78 is 13.5. The van der Waals surface area contributed by atoms with Crippen LogP contribution in [0.1, 0.15) is 56.1 Å². The number of H-pyrrole nitrogens is 1. The Kier molecular flexibility index (Phi) is 7.54. The number of halogens is 1. The van der Waals surface area contributed by atoms with Crippen LogP contribution in [0.15, 0.2) is 54.7 Å². The van der Waals surface area contributed by atoms with Crippen molar-refractivity contribution in [2.45, 2.75) is 70.0 Å². The highest BCUT2D eigenvalue weighted by Gasteiger charge is 2.35. The minimum Gasteiger partial charge on any atom is -0.361 e. The molecule has 0 saturated heterocycles. The lowest BCUT2D eigenvalue weighted by Gasteiger charge is -2.30. The molecule has 190 valence electrons. The number of nitrogens with one attached hydrogen (secondary N) is 2. The molecule has 2 aliphatic carbocycles. The summed E-state index contributed by atoms with van der Waals surface area (Å²) >= 11 is 0. The van der Waals surface area contributed by atoms with Gasteiger partial charge in [-0.15, -0.1) is 0 Å². The fourth-order valence-corrected chi connectivity index (χ4v) is 5.20. The molecule has 6 nitrogen and oxygen atoms in total. The van der Waals surface area contributed by atoms with Gasteiger partial charge in [0.1, 0.15) is 12.4 Å². The van der Waals surface area contributed by atoms with Crippen LogP contribution in [-0.2, 0) is 17.8 Å². The van der Waals surface area contributed by atoms with Crippen molar-refractivity contribution in [3.05, 3.63) is 71.7 Å². The third-order valence-electron chi connectivity index (χ3n) is 7.45. The third-order valence-corrected chi connectivity index (χ3v) is 7.45. The number of nitrogens with zero attached hydrogens (tertiary/aromatic N) is 2. The minimum absolute atomic E-state index is 0.0678. The monoisotopic (exact) mass is 490 g/mol. The van der Waals surface area contributed by atoms with Crippen molar-refractivity contribution < 1.29 is 14.0 Å². The number of fused-ring (bicyclic) bond motifs is 1. The van der Waals surface area contributed by atoms with Gasteiger partial charge in [0, 0.05) is 42.3 Å². The van der Waals surface area contributed by atoms with E-state index >= 15 is 0 Å². The molecular formula is C29H35FN4O2. The van der Waals surface area contributed by atoms with Crippen molar-refractivity contribution >= 4 is 22.8 Å². The maximum atomic E-state index is 13.6. The van der Waals surface area contributed by atoms with Crippen LogP contribution in [0.25, 0.3) is 10.9 Å². The van der Waals surface area contributed by atoms with E-state index in [1.165, 1.54) is 18.6 Å².